The summed E-state index contributed by atoms with van der Waals surface area (Å²) in [5, 5.41) is 4.76. The van der Waals surface area contributed by atoms with E-state index >= 15 is 0 Å². The maximum atomic E-state index is 12.9. The Morgan fingerprint density at radius 3 is 2.71 bits per heavy atom. The maximum Gasteiger partial charge on any atom is 0.252 e. The lowest BCUT2D eigenvalue weighted by molar-refractivity contribution is -0.121. The highest BCUT2D eigenvalue weighted by atomic mass is 32.2. The molecular weight excluding hydrogens is 392 g/mol. The van der Waals surface area contributed by atoms with Crippen molar-refractivity contribution >= 4 is 27.3 Å². The lowest BCUT2D eigenvalue weighted by atomic mass is 10.0. The maximum absolute atomic E-state index is 12.9. The standard InChI is InChI=1S/C21H28N2O3S2/c24-20(12-6-10-18-8-2-1-3-9-18)22-15-14-19-11-4-5-16-23(19)28(25,26)21-13-7-17-27-21/h1-3,7-9,13,17,19H,4-6,10-12,14-16H2,(H,22,24). The highest BCUT2D eigenvalue weighted by Crippen LogP contribution is 2.29. The zero-order chi connectivity index (χ0) is 19.8. The molecule has 7 heteroatoms. The summed E-state index contributed by atoms with van der Waals surface area (Å²) in [5.41, 5.74) is 1.24. The minimum absolute atomic E-state index is 0.0366. The first-order valence-electron chi connectivity index (χ1n) is 9.93. The Morgan fingerprint density at radius 2 is 1.96 bits per heavy atom. The van der Waals surface area contributed by atoms with Crippen LogP contribution in [0.25, 0.3) is 0 Å². The molecule has 0 spiro atoms. The van der Waals surface area contributed by atoms with Crippen LogP contribution in [0, 0.1) is 0 Å². The molecule has 1 atom stereocenters. The van der Waals surface area contributed by atoms with Crippen molar-refractivity contribution in [2.75, 3.05) is 13.1 Å². The molecule has 5 nitrogen and oxygen atoms in total. The molecule has 0 bridgehead atoms. The molecule has 1 aliphatic rings. The van der Waals surface area contributed by atoms with E-state index in [1.807, 2.05) is 18.2 Å². The van der Waals surface area contributed by atoms with Crippen LogP contribution in [0.3, 0.4) is 0 Å². The monoisotopic (exact) mass is 420 g/mol. The van der Waals surface area contributed by atoms with Crippen molar-refractivity contribution in [3.63, 3.8) is 0 Å². The molecule has 28 heavy (non-hydrogen) atoms. The van der Waals surface area contributed by atoms with Crippen molar-refractivity contribution in [1.29, 1.82) is 0 Å². The zero-order valence-electron chi connectivity index (χ0n) is 16.0. The first kappa shape index (κ1) is 21.0. The Hall–Kier alpha value is -1.70. The molecule has 1 saturated heterocycles. The summed E-state index contributed by atoms with van der Waals surface area (Å²) < 4.78 is 27.8. The molecule has 1 aromatic carbocycles. The summed E-state index contributed by atoms with van der Waals surface area (Å²) in [5.74, 6) is 0.0411. The predicted molar refractivity (Wildman–Crippen MR) is 113 cm³/mol. The Labute approximate surface area is 171 Å². The SMILES string of the molecule is O=C(CCCc1ccccc1)NCCC1CCCCN1S(=O)(=O)c1cccs1. The molecule has 1 unspecified atom stereocenters. The summed E-state index contributed by atoms with van der Waals surface area (Å²) in [6.45, 7) is 1.08. The van der Waals surface area contributed by atoms with Crippen LogP contribution in [0.2, 0.25) is 0 Å². The number of aryl methyl sites for hydroxylation is 1. The van der Waals surface area contributed by atoms with Crippen LogP contribution in [-0.2, 0) is 21.2 Å². The van der Waals surface area contributed by atoms with Gasteiger partial charge in [-0.2, -0.15) is 4.31 Å². The second-order valence-electron chi connectivity index (χ2n) is 7.18. The molecule has 0 aliphatic carbocycles. The molecule has 1 aliphatic heterocycles. The summed E-state index contributed by atoms with van der Waals surface area (Å²) in [7, 11) is -3.42. The second kappa shape index (κ2) is 10.2. The molecule has 3 rings (SSSR count). The van der Waals surface area contributed by atoms with E-state index in [2.05, 4.69) is 17.4 Å². The van der Waals surface area contributed by atoms with Gasteiger partial charge in [0, 0.05) is 25.6 Å². The normalized spacial score (nSPS) is 18.1. The van der Waals surface area contributed by atoms with Gasteiger partial charge in [-0.1, -0.05) is 42.8 Å². The number of rotatable bonds is 9. The van der Waals surface area contributed by atoms with E-state index in [1.54, 1.807) is 21.8 Å². The molecule has 1 fully saturated rings. The highest BCUT2D eigenvalue weighted by Gasteiger charge is 2.33. The van der Waals surface area contributed by atoms with Gasteiger partial charge in [0.15, 0.2) is 0 Å². The summed E-state index contributed by atoms with van der Waals surface area (Å²) in [6, 6.07) is 13.6. The van der Waals surface area contributed by atoms with Gasteiger partial charge in [-0.05, 0) is 49.1 Å². The van der Waals surface area contributed by atoms with Gasteiger partial charge in [-0.25, -0.2) is 8.42 Å². The topological polar surface area (TPSA) is 66.5 Å². The van der Waals surface area contributed by atoms with Gasteiger partial charge in [0.25, 0.3) is 10.0 Å². The Balaban J connectivity index is 1.44. The Kier molecular flexibility index (Phi) is 7.65. The van der Waals surface area contributed by atoms with Crippen LogP contribution in [0.15, 0.2) is 52.1 Å². The minimum atomic E-state index is -3.42. The van der Waals surface area contributed by atoms with Gasteiger partial charge in [0.05, 0.1) is 0 Å². The molecule has 1 N–H and O–H groups in total. The summed E-state index contributed by atoms with van der Waals surface area (Å²) >= 11 is 1.26. The number of amides is 1. The smallest absolute Gasteiger partial charge is 0.252 e. The van der Waals surface area contributed by atoms with E-state index in [0.29, 0.717) is 30.1 Å². The number of carbonyl (C=O) groups excluding carboxylic acids is 1. The Bertz CT molecular complexity index is 836. The molecule has 2 heterocycles. The predicted octanol–water partition coefficient (Wildman–Crippen LogP) is 3.82. The third kappa shape index (κ3) is 5.65. The van der Waals surface area contributed by atoms with Crippen LogP contribution in [0.4, 0.5) is 0 Å². The highest BCUT2D eigenvalue weighted by molar-refractivity contribution is 7.91. The number of hydrogen-bond donors (Lipinski definition) is 1. The molecule has 2 aromatic rings. The number of thiophene rings is 1. The number of hydrogen-bond acceptors (Lipinski definition) is 4. The molecular formula is C21H28N2O3S2. The Morgan fingerprint density at radius 1 is 1.14 bits per heavy atom. The zero-order valence-corrected chi connectivity index (χ0v) is 17.7. The van der Waals surface area contributed by atoms with Gasteiger partial charge in [0.1, 0.15) is 4.21 Å². The van der Waals surface area contributed by atoms with Crippen molar-refractivity contribution in [3.8, 4) is 0 Å². The van der Waals surface area contributed by atoms with E-state index in [-0.39, 0.29) is 11.9 Å². The van der Waals surface area contributed by atoms with Crippen molar-refractivity contribution in [1.82, 2.24) is 9.62 Å². The molecule has 152 valence electrons. The number of nitrogens with one attached hydrogen (secondary N) is 1. The number of nitrogens with zero attached hydrogens (tertiary/aromatic N) is 1. The van der Waals surface area contributed by atoms with Gasteiger partial charge in [-0.3, -0.25) is 4.79 Å². The minimum Gasteiger partial charge on any atom is -0.356 e. The summed E-state index contributed by atoms with van der Waals surface area (Å²) in [4.78, 5) is 12.1. The van der Waals surface area contributed by atoms with Crippen LogP contribution in [0.5, 0.6) is 0 Å². The van der Waals surface area contributed by atoms with Crippen LogP contribution in [0.1, 0.15) is 44.1 Å². The largest absolute Gasteiger partial charge is 0.356 e. The first-order valence-corrected chi connectivity index (χ1v) is 12.3. The quantitative estimate of drug-likeness (QED) is 0.671. The average molecular weight is 421 g/mol. The van der Waals surface area contributed by atoms with Crippen molar-refractivity contribution in [2.45, 2.75) is 55.2 Å². The van der Waals surface area contributed by atoms with E-state index < -0.39 is 10.0 Å². The first-order chi connectivity index (χ1) is 13.6. The van der Waals surface area contributed by atoms with E-state index in [4.69, 9.17) is 0 Å². The van der Waals surface area contributed by atoms with Crippen molar-refractivity contribution < 1.29 is 13.2 Å². The van der Waals surface area contributed by atoms with Crippen LogP contribution >= 0.6 is 11.3 Å². The number of piperidine rings is 1. The average Bonchev–Trinajstić information content (AvgIpc) is 3.25. The second-order valence-corrected chi connectivity index (χ2v) is 10.2. The van der Waals surface area contributed by atoms with E-state index in [1.165, 1.54) is 16.9 Å². The molecule has 1 aromatic heterocycles. The third-order valence-corrected chi connectivity index (χ3v) is 8.47. The van der Waals surface area contributed by atoms with E-state index in [0.717, 1.165) is 32.1 Å². The molecule has 1 amide bonds. The molecule has 0 radical (unpaired) electrons. The fraction of sp³-hybridized carbons (Fsp3) is 0.476. The van der Waals surface area contributed by atoms with Crippen LogP contribution in [-0.4, -0.2) is 37.8 Å². The molecule has 0 saturated carbocycles. The lowest BCUT2D eigenvalue weighted by Crippen LogP contribution is -2.44. The third-order valence-electron chi connectivity index (χ3n) is 5.14. The lowest BCUT2D eigenvalue weighted by Gasteiger charge is -2.34. The van der Waals surface area contributed by atoms with Gasteiger partial charge >= 0.3 is 0 Å². The van der Waals surface area contributed by atoms with Crippen molar-refractivity contribution in [3.05, 3.63) is 53.4 Å². The van der Waals surface area contributed by atoms with E-state index in [9.17, 15) is 13.2 Å². The number of carbonyl (C=O) groups is 1. The van der Waals surface area contributed by atoms with Crippen LogP contribution < -0.4 is 5.32 Å². The fourth-order valence-electron chi connectivity index (χ4n) is 3.67. The van der Waals surface area contributed by atoms with Gasteiger partial charge in [-0.15, -0.1) is 11.3 Å². The number of benzene rings is 1. The summed E-state index contributed by atoms with van der Waals surface area (Å²) in [6.07, 6.45) is 5.65. The number of sulfonamides is 1. The van der Waals surface area contributed by atoms with Gasteiger partial charge < -0.3 is 5.32 Å². The van der Waals surface area contributed by atoms with Crippen molar-refractivity contribution in [2.24, 2.45) is 0 Å². The fourth-order valence-corrected chi connectivity index (χ4v) is 6.51. The van der Waals surface area contributed by atoms with Gasteiger partial charge in [0.2, 0.25) is 5.91 Å².